The molecule has 3 aromatic rings. The van der Waals surface area contributed by atoms with Crippen molar-refractivity contribution in [2.75, 3.05) is 56.9 Å². The van der Waals surface area contributed by atoms with Crippen molar-refractivity contribution < 1.29 is 9.53 Å². The molecule has 202 valence electrons. The SMILES string of the molecule is C=CC(=O)Nc1cc(Nc2nccc(/C(=C/C)c3ccc(C#N)cc3C)n2)c(OC)cc1N(C)CCN(C)C. The number of ether oxygens (including phenoxy) is 1. The Morgan fingerprint density at radius 3 is 2.54 bits per heavy atom. The van der Waals surface area contributed by atoms with Crippen LogP contribution in [0.4, 0.5) is 23.0 Å². The molecule has 0 aliphatic heterocycles. The summed E-state index contributed by atoms with van der Waals surface area (Å²) in [6, 6.07) is 13.3. The molecule has 0 radical (unpaired) electrons. The fourth-order valence-electron chi connectivity index (χ4n) is 4.07. The first kappa shape index (κ1) is 28.9. The highest BCUT2D eigenvalue weighted by Gasteiger charge is 2.17. The lowest BCUT2D eigenvalue weighted by Gasteiger charge is -2.26. The van der Waals surface area contributed by atoms with E-state index < -0.39 is 0 Å². The Labute approximate surface area is 230 Å². The Balaban J connectivity index is 2.00. The predicted octanol–water partition coefficient (Wildman–Crippen LogP) is 4.98. The van der Waals surface area contributed by atoms with E-state index in [1.165, 1.54) is 6.08 Å². The van der Waals surface area contributed by atoms with Crippen molar-refractivity contribution in [3.05, 3.63) is 83.7 Å². The Morgan fingerprint density at radius 1 is 1.15 bits per heavy atom. The third-order valence-corrected chi connectivity index (χ3v) is 6.17. The molecule has 1 aromatic heterocycles. The van der Waals surface area contributed by atoms with Crippen molar-refractivity contribution in [2.45, 2.75) is 13.8 Å². The van der Waals surface area contributed by atoms with Gasteiger partial charge in [-0.25, -0.2) is 9.97 Å². The molecular formula is C30H35N7O2. The Morgan fingerprint density at radius 2 is 1.92 bits per heavy atom. The van der Waals surface area contributed by atoms with Crippen LogP contribution in [0, 0.1) is 18.3 Å². The molecule has 1 heterocycles. The van der Waals surface area contributed by atoms with E-state index in [0.717, 1.165) is 41.2 Å². The number of aromatic nitrogens is 2. The number of nitrogens with one attached hydrogen (secondary N) is 2. The molecule has 0 saturated carbocycles. The molecule has 0 aliphatic carbocycles. The van der Waals surface area contributed by atoms with Gasteiger partial charge < -0.3 is 25.2 Å². The number of carbonyl (C=O) groups excluding carboxylic acids is 1. The smallest absolute Gasteiger partial charge is 0.247 e. The van der Waals surface area contributed by atoms with Gasteiger partial charge in [0.1, 0.15) is 5.75 Å². The molecule has 0 unspecified atom stereocenters. The van der Waals surface area contributed by atoms with Crippen molar-refractivity contribution in [3.63, 3.8) is 0 Å². The van der Waals surface area contributed by atoms with E-state index in [0.29, 0.717) is 28.6 Å². The van der Waals surface area contributed by atoms with Crippen LogP contribution in [-0.2, 0) is 4.79 Å². The highest BCUT2D eigenvalue weighted by molar-refractivity contribution is 6.02. The molecule has 0 bridgehead atoms. The number of rotatable bonds is 11. The second-order valence-electron chi connectivity index (χ2n) is 9.22. The summed E-state index contributed by atoms with van der Waals surface area (Å²) in [6.45, 7) is 9.07. The summed E-state index contributed by atoms with van der Waals surface area (Å²) in [4.78, 5) is 25.6. The molecule has 9 nitrogen and oxygen atoms in total. The Bertz CT molecular complexity index is 1420. The largest absolute Gasteiger partial charge is 0.494 e. The quantitative estimate of drug-likeness (QED) is 0.338. The summed E-state index contributed by atoms with van der Waals surface area (Å²) in [5.74, 6) is 0.620. The van der Waals surface area contributed by atoms with E-state index in [4.69, 9.17) is 9.72 Å². The highest BCUT2D eigenvalue weighted by atomic mass is 16.5. The number of nitriles is 1. The monoisotopic (exact) mass is 525 g/mol. The second kappa shape index (κ2) is 13.2. The zero-order valence-electron chi connectivity index (χ0n) is 23.4. The second-order valence-corrected chi connectivity index (χ2v) is 9.22. The number of anilines is 4. The number of hydrogen-bond donors (Lipinski definition) is 2. The summed E-state index contributed by atoms with van der Waals surface area (Å²) in [7, 11) is 7.58. The number of hydrogen-bond acceptors (Lipinski definition) is 8. The minimum absolute atomic E-state index is 0.317. The van der Waals surface area contributed by atoms with E-state index in [-0.39, 0.29) is 5.91 Å². The molecule has 1 amide bonds. The average Bonchev–Trinajstić information content (AvgIpc) is 2.93. The highest BCUT2D eigenvalue weighted by Crippen LogP contribution is 2.38. The Kier molecular flexibility index (Phi) is 9.79. The lowest BCUT2D eigenvalue weighted by molar-refractivity contribution is -0.111. The zero-order chi connectivity index (χ0) is 28.5. The molecule has 0 atom stereocenters. The van der Waals surface area contributed by atoms with Crippen molar-refractivity contribution in [1.82, 2.24) is 14.9 Å². The van der Waals surface area contributed by atoms with Gasteiger partial charge in [0.2, 0.25) is 11.9 Å². The van der Waals surface area contributed by atoms with Gasteiger partial charge in [-0.3, -0.25) is 4.79 Å². The van der Waals surface area contributed by atoms with E-state index in [2.05, 4.69) is 38.1 Å². The van der Waals surface area contributed by atoms with Gasteiger partial charge >= 0.3 is 0 Å². The minimum atomic E-state index is -0.317. The molecule has 0 saturated heterocycles. The molecule has 0 aliphatic rings. The minimum Gasteiger partial charge on any atom is -0.494 e. The van der Waals surface area contributed by atoms with Crippen LogP contribution in [0.1, 0.15) is 29.3 Å². The van der Waals surface area contributed by atoms with Gasteiger partial charge in [-0.15, -0.1) is 0 Å². The maximum absolute atomic E-state index is 12.2. The van der Waals surface area contributed by atoms with Gasteiger partial charge in [0.25, 0.3) is 0 Å². The first-order chi connectivity index (χ1) is 18.7. The van der Waals surface area contributed by atoms with Crippen LogP contribution in [0.15, 0.2) is 61.3 Å². The average molecular weight is 526 g/mol. The topological polar surface area (TPSA) is 106 Å². The molecule has 3 rings (SSSR count). The summed E-state index contributed by atoms with van der Waals surface area (Å²) in [6.07, 6.45) is 4.91. The summed E-state index contributed by atoms with van der Waals surface area (Å²) in [5, 5.41) is 15.4. The van der Waals surface area contributed by atoms with Gasteiger partial charge in [-0.2, -0.15) is 5.26 Å². The van der Waals surface area contributed by atoms with Gasteiger partial charge in [0.15, 0.2) is 0 Å². The fraction of sp³-hybridized carbons (Fsp3) is 0.267. The van der Waals surface area contributed by atoms with Crippen molar-refractivity contribution in [2.24, 2.45) is 0 Å². The third kappa shape index (κ3) is 7.21. The van der Waals surface area contributed by atoms with Crippen LogP contribution < -0.4 is 20.3 Å². The summed E-state index contributed by atoms with van der Waals surface area (Å²) in [5.41, 5.74) is 6.22. The van der Waals surface area contributed by atoms with Gasteiger partial charge in [0.05, 0.1) is 41.5 Å². The fourth-order valence-corrected chi connectivity index (χ4v) is 4.07. The van der Waals surface area contributed by atoms with Gasteiger partial charge in [0, 0.05) is 38.0 Å². The molecule has 2 N–H and O–H groups in total. The van der Waals surface area contributed by atoms with Crippen LogP contribution in [0.5, 0.6) is 5.75 Å². The van der Waals surface area contributed by atoms with Gasteiger partial charge in [-0.05, 0) is 69.4 Å². The van der Waals surface area contributed by atoms with E-state index >= 15 is 0 Å². The first-order valence-corrected chi connectivity index (χ1v) is 12.5. The zero-order valence-corrected chi connectivity index (χ0v) is 23.4. The molecule has 39 heavy (non-hydrogen) atoms. The first-order valence-electron chi connectivity index (χ1n) is 12.5. The molecular weight excluding hydrogens is 490 g/mol. The maximum atomic E-state index is 12.2. The molecule has 0 spiro atoms. The number of likely N-dealkylation sites (N-methyl/N-ethyl adjacent to an activating group) is 2. The molecule has 0 fully saturated rings. The van der Waals surface area contributed by atoms with Crippen LogP contribution in [0.2, 0.25) is 0 Å². The Hall–Kier alpha value is -4.68. The van der Waals surface area contributed by atoms with Crippen molar-refractivity contribution in [3.8, 4) is 11.8 Å². The van der Waals surface area contributed by atoms with E-state index in [1.807, 2.05) is 65.3 Å². The summed E-state index contributed by atoms with van der Waals surface area (Å²) >= 11 is 0. The number of amides is 1. The normalized spacial score (nSPS) is 11.1. The predicted molar refractivity (Wildman–Crippen MR) is 158 cm³/mol. The lowest BCUT2D eigenvalue weighted by atomic mass is 9.96. The van der Waals surface area contributed by atoms with Crippen LogP contribution >= 0.6 is 0 Å². The van der Waals surface area contributed by atoms with E-state index in [9.17, 15) is 10.1 Å². The lowest BCUT2D eigenvalue weighted by Crippen LogP contribution is -2.29. The maximum Gasteiger partial charge on any atom is 0.247 e. The van der Waals surface area contributed by atoms with E-state index in [1.54, 1.807) is 25.4 Å². The number of allylic oxidation sites excluding steroid dienone is 1. The third-order valence-electron chi connectivity index (χ3n) is 6.17. The molecule has 2 aromatic carbocycles. The van der Waals surface area contributed by atoms with Crippen molar-refractivity contribution >= 4 is 34.5 Å². The molecule has 9 heteroatoms. The van der Waals surface area contributed by atoms with Crippen LogP contribution in [-0.4, -0.2) is 62.1 Å². The summed E-state index contributed by atoms with van der Waals surface area (Å²) < 4.78 is 5.70. The van der Waals surface area contributed by atoms with Crippen molar-refractivity contribution in [1.29, 1.82) is 5.26 Å². The van der Waals surface area contributed by atoms with Crippen LogP contribution in [0.25, 0.3) is 5.57 Å². The standard InChI is InChI=1S/C30H35N7O2/c1-8-22(23-11-10-21(19-31)16-20(23)3)24-12-13-32-30(34-24)35-26-17-25(33-29(38)9-2)27(18-28(26)39-7)37(6)15-14-36(4)5/h8-13,16-18H,2,14-15H2,1,3-7H3,(H,33,38)(H,32,34,35)/b22-8+. The van der Waals surface area contributed by atoms with Crippen LogP contribution in [0.3, 0.4) is 0 Å². The number of methoxy groups -OCH3 is 1. The number of nitrogens with zero attached hydrogens (tertiary/aromatic N) is 5. The number of carbonyl (C=O) groups is 1. The van der Waals surface area contributed by atoms with Gasteiger partial charge in [-0.1, -0.05) is 18.7 Å². The number of aryl methyl sites for hydroxylation is 1. The number of benzene rings is 2.